The SMILES string of the molecule is CC1(c2cc(Cl)ccc2Cl)CNC1.Cl. The molecule has 0 unspecified atom stereocenters. The molecular weight excluding hydrogens is 240 g/mol. The zero-order chi connectivity index (χ0) is 9.47. The summed E-state index contributed by atoms with van der Waals surface area (Å²) in [6, 6.07) is 5.65. The molecule has 14 heavy (non-hydrogen) atoms. The molecule has 1 heterocycles. The molecule has 1 aromatic carbocycles. The fraction of sp³-hybridized carbons (Fsp3) is 0.400. The third-order valence-corrected chi connectivity index (χ3v) is 3.17. The fourth-order valence-electron chi connectivity index (χ4n) is 1.65. The van der Waals surface area contributed by atoms with Gasteiger partial charge < -0.3 is 5.32 Å². The topological polar surface area (TPSA) is 12.0 Å². The second-order valence-electron chi connectivity index (χ2n) is 3.79. The van der Waals surface area contributed by atoms with E-state index in [4.69, 9.17) is 23.2 Å². The summed E-state index contributed by atoms with van der Waals surface area (Å²) in [6.07, 6.45) is 0. The zero-order valence-corrected chi connectivity index (χ0v) is 10.1. The maximum Gasteiger partial charge on any atom is 0.0445 e. The van der Waals surface area contributed by atoms with Gasteiger partial charge in [0.25, 0.3) is 0 Å². The summed E-state index contributed by atoms with van der Waals surface area (Å²) in [7, 11) is 0. The summed E-state index contributed by atoms with van der Waals surface area (Å²) in [5.74, 6) is 0. The third kappa shape index (κ3) is 2.01. The van der Waals surface area contributed by atoms with Gasteiger partial charge in [0.1, 0.15) is 0 Å². The maximum absolute atomic E-state index is 6.11. The van der Waals surface area contributed by atoms with Crippen molar-refractivity contribution in [3.63, 3.8) is 0 Å². The average Bonchev–Trinajstić information content (AvgIpc) is 2.05. The van der Waals surface area contributed by atoms with Gasteiger partial charge >= 0.3 is 0 Å². The number of nitrogens with one attached hydrogen (secondary N) is 1. The van der Waals surface area contributed by atoms with Crippen molar-refractivity contribution in [3.05, 3.63) is 33.8 Å². The Morgan fingerprint density at radius 3 is 2.43 bits per heavy atom. The predicted octanol–water partition coefficient (Wildman–Crippen LogP) is 3.28. The molecule has 0 spiro atoms. The van der Waals surface area contributed by atoms with Gasteiger partial charge in [0.2, 0.25) is 0 Å². The minimum atomic E-state index is 0. The molecule has 0 amide bonds. The summed E-state index contributed by atoms with van der Waals surface area (Å²) in [6.45, 7) is 4.15. The molecule has 0 radical (unpaired) electrons. The van der Waals surface area contributed by atoms with E-state index < -0.39 is 0 Å². The van der Waals surface area contributed by atoms with Crippen LogP contribution in [0.1, 0.15) is 12.5 Å². The summed E-state index contributed by atoms with van der Waals surface area (Å²) in [5, 5.41) is 4.82. The molecule has 1 aliphatic heterocycles. The molecule has 1 saturated heterocycles. The molecular formula is C10H12Cl3N. The van der Waals surface area contributed by atoms with Gasteiger partial charge in [-0.2, -0.15) is 0 Å². The van der Waals surface area contributed by atoms with Crippen LogP contribution in [-0.2, 0) is 5.41 Å². The van der Waals surface area contributed by atoms with Crippen LogP contribution < -0.4 is 5.32 Å². The van der Waals surface area contributed by atoms with Crippen molar-refractivity contribution in [2.24, 2.45) is 0 Å². The normalized spacial score (nSPS) is 18.2. The van der Waals surface area contributed by atoms with Crippen LogP contribution in [-0.4, -0.2) is 13.1 Å². The highest BCUT2D eigenvalue weighted by atomic mass is 35.5. The first-order chi connectivity index (χ1) is 6.12. The summed E-state index contributed by atoms with van der Waals surface area (Å²) >= 11 is 12.0. The smallest absolute Gasteiger partial charge is 0.0445 e. The first kappa shape index (κ1) is 12.1. The van der Waals surface area contributed by atoms with E-state index in [1.807, 2.05) is 18.2 Å². The number of hydrogen-bond donors (Lipinski definition) is 1. The van der Waals surface area contributed by atoms with Gasteiger partial charge in [-0.25, -0.2) is 0 Å². The van der Waals surface area contributed by atoms with Crippen molar-refractivity contribution in [2.75, 3.05) is 13.1 Å². The molecule has 1 aliphatic rings. The number of rotatable bonds is 1. The molecule has 1 fully saturated rings. The van der Waals surface area contributed by atoms with E-state index in [1.165, 1.54) is 0 Å². The summed E-state index contributed by atoms with van der Waals surface area (Å²) in [4.78, 5) is 0. The highest BCUT2D eigenvalue weighted by Gasteiger charge is 2.35. The molecule has 1 nitrogen and oxygen atoms in total. The molecule has 4 heteroatoms. The summed E-state index contributed by atoms with van der Waals surface area (Å²) in [5.41, 5.74) is 1.32. The van der Waals surface area contributed by atoms with Crippen LogP contribution in [0.3, 0.4) is 0 Å². The Bertz CT molecular complexity index is 334. The number of hydrogen-bond acceptors (Lipinski definition) is 1. The van der Waals surface area contributed by atoms with Gasteiger partial charge in [0, 0.05) is 28.5 Å². The largest absolute Gasteiger partial charge is 0.315 e. The van der Waals surface area contributed by atoms with Crippen molar-refractivity contribution in [1.82, 2.24) is 5.32 Å². The average molecular weight is 253 g/mol. The van der Waals surface area contributed by atoms with Crippen LogP contribution in [0.4, 0.5) is 0 Å². The van der Waals surface area contributed by atoms with Crippen molar-refractivity contribution in [2.45, 2.75) is 12.3 Å². The molecule has 78 valence electrons. The predicted molar refractivity (Wildman–Crippen MR) is 63.9 cm³/mol. The molecule has 0 saturated carbocycles. The Morgan fingerprint density at radius 2 is 1.93 bits per heavy atom. The molecule has 1 N–H and O–H groups in total. The van der Waals surface area contributed by atoms with E-state index in [0.717, 1.165) is 28.7 Å². The van der Waals surface area contributed by atoms with E-state index in [1.54, 1.807) is 0 Å². The van der Waals surface area contributed by atoms with Gasteiger partial charge in [0.15, 0.2) is 0 Å². The maximum atomic E-state index is 6.11. The molecule has 0 aliphatic carbocycles. The Morgan fingerprint density at radius 1 is 1.29 bits per heavy atom. The van der Waals surface area contributed by atoms with Crippen molar-refractivity contribution in [1.29, 1.82) is 0 Å². The zero-order valence-electron chi connectivity index (χ0n) is 7.81. The Hall–Kier alpha value is 0.0500. The van der Waals surface area contributed by atoms with Gasteiger partial charge in [0.05, 0.1) is 0 Å². The highest BCUT2D eigenvalue weighted by molar-refractivity contribution is 6.33. The molecule has 0 aromatic heterocycles. The Labute approximate surface area is 100 Å². The van der Waals surface area contributed by atoms with E-state index in [0.29, 0.717) is 0 Å². The lowest BCUT2D eigenvalue weighted by atomic mass is 9.77. The molecule has 1 aromatic rings. The van der Waals surface area contributed by atoms with Crippen LogP contribution >= 0.6 is 35.6 Å². The van der Waals surface area contributed by atoms with E-state index in [9.17, 15) is 0 Å². The van der Waals surface area contributed by atoms with Crippen LogP contribution in [0.5, 0.6) is 0 Å². The highest BCUT2D eigenvalue weighted by Crippen LogP contribution is 2.34. The van der Waals surface area contributed by atoms with Crippen LogP contribution in [0.25, 0.3) is 0 Å². The second-order valence-corrected chi connectivity index (χ2v) is 4.63. The fourth-order valence-corrected chi connectivity index (χ4v) is 2.17. The van der Waals surface area contributed by atoms with E-state index >= 15 is 0 Å². The van der Waals surface area contributed by atoms with Gasteiger partial charge in [-0.05, 0) is 23.8 Å². The summed E-state index contributed by atoms with van der Waals surface area (Å²) < 4.78 is 0. The van der Waals surface area contributed by atoms with Crippen molar-refractivity contribution >= 4 is 35.6 Å². The lowest BCUT2D eigenvalue weighted by Gasteiger charge is -2.40. The van der Waals surface area contributed by atoms with Crippen molar-refractivity contribution < 1.29 is 0 Å². The Kier molecular flexibility index (Phi) is 3.70. The van der Waals surface area contributed by atoms with Crippen molar-refractivity contribution in [3.8, 4) is 0 Å². The van der Waals surface area contributed by atoms with Crippen LogP contribution in [0, 0.1) is 0 Å². The standard InChI is InChI=1S/C10H11Cl2N.ClH/c1-10(5-13-6-10)8-4-7(11)2-3-9(8)12;/h2-4,13H,5-6H2,1H3;1H. The minimum absolute atomic E-state index is 0. The Balaban J connectivity index is 0.000000980. The van der Waals surface area contributed by atoms with Gasteiger partial charge in [-0.1, -0.05) is 30.1 Å². The van der Waals surface area contributed by atoms with E-state index in [2.05, 4.69) is 12.2 Å². The second kappa shape index (κ2) is 4.28. The first-order valence-electron chi connectivity index (χ1n) is 4.28. The molecule has 0 bridgehead atoms. The monoisotopic (exact) mass is 251 g/mol. The third-order valence-electron chi connectivity index (χ3n) is 2.61. The molecule has 0 atom stereocenters. The van der Waals surface area contributed by atoms with Crippen LogP contribution in [0.15, 0.2) is 18.2 Å². The van der Waals surface area contributed by atoms with Crippen LogP contribution in [0.2, 0.25) is 10.0 Å². The first-order valence-corrected chi connectivity index (χ1v) is 5.04. The quantitative estimate of drug-likeness (QED) is 0.809. The van der Waals surface area contributed by atoms with E-state index in [-0.39, 0.29) is 17.8 Å². The lowest BCUT2D eigenvalue weighted by Crippen LogP contribution is -2.54. The minimum Gasteiger partial charge on any atom is -0.315 e. The number of benzene rings is 1. The van der Waals surface area contributed by atoms with Gasteiger partial charge in [-0.3, -0.25) is 0 Å². The lowest BCUT2D eigenvalue weighted by molar-refractivity contribution is 0.306. The number of halogens is 3. The van der Waals surface area contributed by atoms with Gasteiger partial charge in [-0.15, -0.1) is 12.4 Å². The molecule has 2 rings (SSSR count).